The van der Waals surface area contributed by atoms with E-state index in [4.69, 9.17) is 5.73 Å². The zero-order chi connectivity index (χ0) is 12.0. The summed E-state index contributed by atoms with van der Waals surface area (Å²) >= 11 is 0. The predicted molar refractivity (Wildman–Crippen MR) is 55.6 cm³/mol. The highest BCUT2D eigenvalue weighted by Gasteiger charge is 2.12. The molecule has 0 aliphatic carbocycles. The highest BCUT2D eigenvalue weighted by Crippen LogP contribution is 1.94. The predicted octanol–water partition coefficient (Wildman–Crippen LogP) is -2.22. The number of nitrogens with one attached hydrogen (secondary N) is 3. The number of nitrogens with zero attached hydrogens (tertiary/aromatic N) is 1. The lowest BCUT2D eigenvalue weighted by Crippen LogP contribution is -2.38. The van der Waals surface area contributed by atoms with Gasteiger partial charge >= 0.3 is 11.8 Å². The van der Waals surface area contributed by atoms with Gasteiger partial charge < -0.3 is 16.4 Å². The first-order chi connectivity index (χ1) is 7.63. The molecule has 8 nitrogen and oxygen atoms in total. The van der Waals surface area contributed by atoms with Crippen LogP contribution in [0.5, 0.6) is 0 Å². The molecule has 0 unspecified atom stereocenters. The largest absolute Gasteiger partial charge is 0.347 e. The summed E-state index contributed by atoms with van der Waals surface area (Å²) in [5.41, 5.74) is 4.75. The third kappa shape index (κ3) is 3.50. The molecule has 0 aliphatic rings. The van der Waals surface area contributed by atoms with Gasteiger partial charge in [-0.05, 0) is 6.07 Å². The lowest BCUT2D eigenvalue weighted by Gasteiger charge is -2.03. The summed E-state index contributed by atoms with van der Waals surface area (Å²) in [6, 6.07) is 2.47. The van der Waals surface area contributed by atoms with E-state index in [-0.39, 0.29) is 18.9 Å². The number of hydrogen-bond acceptors (Lipinski definition) is 5. The number of carbonyl (C=O) groups is 2. The van der Waals surface area contributed by atoms with E-state index in [2.05, 4.69) is 20.8 Å². The second-order valence-corrected chi connectivity index (χ2v) is 2.81. The van der Waals surface area contributed by atoms with Gasteiger partial charge in [0.25, 0.3) is 5.56 Å². The fourth-order valence-corrected chi connectivity index (χ4v) is 0.853. The number of hydrogen-bond donors (Lipinski definition) is 4. The molecule has 0 fully saturated rings. The summed E-state index contributed by atoms with van der Waals surface area (Å²) in [5.74, 6) is -1.58. The Morgan fingerprint density at radius 2 is 2.12 bits per heavy atom. The van der Waals surface area contributed by atoms with E-state index in [0.717, 1.165) is 0 Å². The van der Waals surface area contributed by atoms with Gasteiger partial charge in [-0.1, -0.05) is 0 Å². The van der Waals surface area contributed by atoms with Crippen LogP contribution in [-0.4, -0.2) is 35.1 Å². The Bertz CT molecular complexity index is 421. The molecule has 0 spiro atoms. The third-order valence-electron chi connectivity index (χ3n) is 1.56. The second-order valence-electron chi connectivity index (χ2n) is 2.81. The molecule has 1 heterocycles. The number of aromatic nitrogens is 2. The lowest BCUT2D eigenvalue weighted by molar-refractivity contribution is -0.136. The molecule has 16 heavy (non-hydrogen) atoms. The van der Waals surface area contributed by atoms with Gasteiger partial charge in [0.15, 0.2) is 5.82 Å². The number of carbonyl (C=O) groups excluding carboxylic acids is 2. The van der Waals surface area contributed by atoms with Crippen LogP contribution in [-0.2, 0) is 9.59 Å². The smallest absolute Gasteiger partial charge is 0.314 e. The standard InChI is InChI=1S/C8H11N5O3/c9-3-4-10-7(15)8(16)11-5-1-2-6(14)13-12-5/h1-2H,3-4,9H2,(H,10,15)(H,13,14)(H,11,12,16). The number of rotatable bonds is 3. The van der Waals surface area contributed by atoms with Crippen molar-refractivity contribution in [2.45, 2.75) is 0 Å². The van der Waals surface area contributed by atoms with Crippen LogP contribution in [0, 0.1) is 0 Å². The van der Waals surface area contributed by atoms with Gasteiger partial charge in [-0.25, -0.2) is 5.10 Å². The van der Waals surface area contributed by atoms with E-state index in [9.17, 15) is 14.4 Å². The van der Waals surface area contributed by atoms with Gasteiger partial charge in [0, 0.05) is 19.2 Å². The molecule has 2 amide bonds. The van der Waals surface area contributed by atoms with Gasteiger partial charge in [-0.2, -0.15) is 5.10 Å². The van der Waals surface area contributed by atoms with Crippen LogP contribution in [0.15, 0.2) is 16.9 Å². The Kier molecular flexibility index (Phi) is 4.16. The molecule has 0 aliphatic heterocycles. The SMILES string of the molecule is NCCNC(=O)C(=O)Nc1ccc(=O)[nH]n1. The summed E-state index contributed by atoms with van der Waals surface area (Å²) in [4.78, 5) is 33.0. The van der Waals surface area contributed by atoms with Crippen molar-refractivity contribution in [1.82, 2.24) is 15.5 Å². The summed E-state index contributed by atoms with van der Waals surface area (Å²) in [6.45, 7) is 0.460. The molecule has 0 saturated heterocycles. The summed E-state index contributed by atoms with van der Waals surface area (Å²) < 4.78 is 0. The molecule has 1 aromatic heterocycles. The van der Waals surface area contributed by atoms with Gasteiger partial charge in [-0.15, -0.1) is 0 Å². The Hall–Kier alpha value is -2.22. The molecule has 0 aromatic carbocycles. The average molecular weight is 225 g/mol. The summed E-state index contributed by atoms with van der Waals surface area (Å²) in [5, 5.41) is 10.1. The van der Waals surface area contributed by atoms with Crippen molar-refractivity contribution in [3.63, 3.8) is 0 Å². The van der Waals surface area contributed by atoms with Crippen molar-refractivity contribution in [1.29, 1.82) is 0 Å². The Morgan fingerprint density at radius 1 is 1.38 bits per heavy atom. The van der Waals surface area contributed by atoms with E-state index in [1.54, 1.807) is 0 Å². The first-order valence-corrected chi connectivity index (χ1v) is 4.48. The highest BCUT2D eigenvalue weighted by molar-refractivity contribution is 6.39. The maximum atomic E-state index is 11.2. The van der Waals surface area contributed by atoms with Gasteiger partial charge in [0.1, 0.15) is 0 Å². The molecule has 0 radical (unpaired) electrons. The van der Waals surface area contributed by atoms with E-state index < -0.39 is 17.4 Å². The summed E-state index contributed by atoms with van der Waals surface area (Å²) in [6.07, 6.45) is 0. The Morgan fingerprint density at radius 3 is 2.69 bits per heavy atom. The number of nitrogens with two attached hydrogens (primary N) is 1. The maximum Gasteiger partial charge on any atom is 0.314 e. The quantitative estimate of drug-likeness (QED) is 0.433. The molecule has 5 N–H and O–H groups in total. The average Bonchev–Trinajstić information content (AvgIpc) is 2.29. The number of H-pyrrole nitrogens is 1. The van der Waals surface area contributed by atoms with Gasteiger partial charge in [0.2, 0.25) is 0 Å². The monoisotopic (exact) mass is 225 g/mol. The Labute approximate surface area is 90.2 Å². The minimum atomic E-state index is -0.868. The molecule has 0 saturated carbocycles. The molecule has 1 aromatic rings. The topological polar surface area (TPSA) is 130 Å². The normalized spacial score (nSPS) is 9.56. The fraction of sp³-hybridized carbons (Fsp3) is 0.250. The first-order valence-electron chi connectivity index (χ1n) is 4.48. The Balaban J connectivity index is 2.54. The minimum Gasteiger partial charge on any atom is -0.347 e. The van der Waals surface area contributed by atoms with E-state index in [0.29, 0.717) is 0 Å². The fourth-order valence-electron chi connectivity index (χ4n) is 0.853. The first kappa shape index (κ1) is 11.9. The van der Waals surface area contributed by atoms with Crippen molar-refractivity contribution in [3.05, 3.63) is 22.5 Å². The van der Waals surface area contributed by atoms with Crippen molar-refractivity contribution in [2.75, 3.05) is 18.4 Å². The summed E-state index contributed by atoms with van der Waals surface area (Å²) in [7, 11) is 0. The van der Waals surface area contributed by atoms with Crippen molar-refractivity contribution >= 4 is 17.6 Å². The molecule has 8 heteroatoms. The van der Waals surface area contributed by atoms with Gasteiger partial charge in [0.05, 0.1) is 0 Å². The third-order valence-corrected chi connectivity index (χ3v) is 1.56. The maximum absolute atomic E-state index is 11.2. The van der Waals surface area contributed by atoms with E-state index >= 15 is 0 Å². The molecule has 0 bridgehead atoms. The van der Waals surface area contributed by atoms with Crippen molar-refractivity contribution in [3.8, 4) is 0 Å². The van der Waals surface area contributed by atoms with Crippen LogP contribution in [0.1, 0.15) is 0 Å². The molecular weight excluding hydrogens is 214 g/mol. The zero-order valence-electron chi connectivity index (χ0n) is 8.32. The molecule has 1 rings (SSSR count). The van der Waals surface area contributed by atoms with Crippen LogP contribution in [0.4, 0.5) is 5.82 Å². The molecule has 0 atom stereocenters. The van der Waals surface area contributed by atoms with Crippen LogP contribution in [0.25, 0.3) is 0 Å². The van der Waals surface area contributed by atoms with Crippen LogP contribution in [0.2, 0.25) is 0 Å². The van der Waals surface area contributed by atoms with Crippen LogP contribution >= 0.6 is 0 Å². The van der Waals surface area contributed by atoms with E-state index in [1.165, 1.54) is 12.1 Å². The lowest BCUT2D eigenvalue weighted by atomic mass is 10.4. The number of anilines is 1. The number of amides is 2. The van der Waals surface area contributed by atoms with Crippen molar-refractivity contribution in [2.24, 2.45) is 5.73 Å². The molecular formula is C8H11N5O3. The zero-order valence-corrected chi connectivity index (χ0v) is 8.32. The van der Waals surface area contributed by atoms with Crippen LogP contribution in [0.3, 0.4) is 0 Å². The van der Waals surface area contributed by atoms with Crippen LogP contribution < -0.4 is 21.9 Å². The minimum absolute atomic E-state index is 0.0903. The van der Waals surface area contributed by atoms with E-state index in [1.807, 2.05) is 0 Å². The van der Waals surface area contributed by atoms with Gasteiger partial charge in [-0.3, -0.25) is 14.4 Å². The van der Waals surface area contributed by atoms with Crippen molar-refractivity contribution < 1.29 is 9.59 Å². The molecule has 86 valence electrons. The highest BCUT2D eigenvalue weighted by atomic mass is 16.2. The second kappa shape index (κ2) is 5.61. The number of aromatic amines is 1.